The second-order valence-corrected chi connectivity index (χ2v) is 7.00. The molecule has 0 aliphatic heterocycles. The zero-order chi connectivity index (χ0) is 15.0. The number of halogens is 1. The molecule has 0 atom stereocenters. The van der Waals surface area contributed by atoms with Crippen LogP contribution in [0.3, 0.4) is 0 Å². The van der Waals surface area contributed by atoms with Crippen molar-refractivity contribution in [3.63, 3.8) is 0 Å². The third-order valence-corrected chi connectivity index (χ3v) is 4.86. The van der Waals surface area contributed by atoms with Crippen molar-refractivity contribution in [2.75, 3.05) is 5.32 Å². The molecular weight excluding hydrogens is 366 g/mol. The van der Waals surface area contributed by atoms with Gasteiger partial charge in [-0.2, -0.15) is 0 Å². The summed E-state index contributed by atoms with van der Waals surface area (Å²) in [5.74, 6) is 0. The Morgan fingerprint density at radius 3 is 2.81 bits per heavy atom. The van der Waals surface area contributed by atoms with E-state index in [1.54, 1.807) is 11.3 Å². The molecule has 0 saturated carbocycles. The summed E-state index contributed by atoms with van der Waals surface area (Å²) in [7, 11) is 0. The van der Waals surface area contributed by atoms with Gasteiger partial charge in [0.25, 0.3) is 0 Å². The minimum atomic E-state index is 0.387. The number of aromatic nitrogens is 1. The van der Waals surface area contributed by atoms with Gasteiger partial charge in [-0.1, -0.05) is 29.6 Å². The lowest BCUT2D eigenvalue weighted by Crippen LogP contribution is -2.09. The van der Waals surface area contributed by atoms with E-state index in [4.69, 9.17) is 18.0 Å². The number of thiazole rings is 1. The van der Waals surface area contributed by atoms with Crippen molar-refractivity contribution in [3.05, 3.63) is 52.0 Å². The average Bonchev–Trinajstić information content (AvgIpc) is 2.82. The predicted molar refractivity (Wildman–Crippen MR) is 97.7 cm³/mol. The summed E-state index contributed by atoms with van der Waals surface area (Å²) in [4.78, 5) is 4.97. The van der Waals surface area contributed by atoms with Crippen molar-refractivity contribution in [2.24, 2.45) is 5.73 Å². The molecule has 0 spiro atoms. The summed E-state index contributed by atoms with van der Waals surface area (Å²) < 4.78 is 2.08. The molecule has 3 aromatic rings. The Hall–Kier alpha value is -1.50. The first-order valence-electron chi connectivity index (χ1n) is 6.26. The number of thiocarbonyl (C=S) groups is 1. The van der Waals surface area contributed by atoms with Crippen LogP contribution in [0.1, 0.15) is 11.1 Å². The van der Waals surface area contributed by atoms with Crippen LogP contribution in [-0.2, 0) is 0 Å². The van der Waals surface area contributed by atoms with Crippen LogP contribution in [0.15, 0.2) is 40.9 Å². The van der Waals surface area contributed by atoms with Gasteiger partial charge in [-0.3, -0.25) is 0 Å². The van der Waals surface area contributed by atoms with Gasteiger partial charge in [0.2, 0.25) is 0 Å². The maximum atomic E-state index is 5.63. The Labute approximate surface area is 140 Å². The fraction of sp³-hybridized carbons (Fsp3) is 0.0667. The summed E-state index contributed by atoms with van der Waals surface area (Å²) in [6, 6.07) is 12.0. The highest BCUT2D eigenvalue weighted by atomic mass is 79.9. The van der Waals surface area contributed by atoms with Gasteiger partial charge in [0.15, 0.2) is 5.13 Å². The summed E-state index contributed by atoms with van der Waals surface area (Å²) >= 11 is 10.1. The average molecular weight is 378 g/mol. The fourth-order valence-electron chi connectivity index (χ4n) is 1.97. The molecule has 3 N–H and O–H groups in total. The summed E-state index contributed by atoms with van der Waals surface area (Å²) in [5.41, 5.74) is 9.64. The van der Waals surface area contributed by atoms with E-state index in [1.807, 2.05) is 24.3 Å². The molecule has 0 radical (unpaired) electrons. The molecule has 0 aliphatic rings. The van der Waals surface area contributed by atoms with Crippen LogP contribution in [0, 0.1) is 6.92 Å². The maximum absolute atomic E-state index is 5.63. The van der Waals surface area contributed by atoms with Crippen molar-refractivity contribution in [1.82, 2.24) is 4.98 Å². The van der Waals surface area contributed by atoms with E-state index in [2.05, 4.69) is 45.3 Å². The number of anilines is 2. The molecule has 1 aromatic heterocycles. The normalized spacial score (nSPS) is 10.8. The topological polar surface area (TPSA) is 50.9 Å². The molecule has 0 amide bonds. The minimum absolute atomic E-state index is 0.387. The molecule has 3 rings (SSSR count). The van der Waals surface area contributed by atoms with Crippen molar-refractivity contribution in [1.29, 1.82) is 0 Å². The molecule has 6 heteroatoms. The fourth-order valence-corrected chi connectivity index (χ4v) is 3.55. The molecule has 21 heavy (non-hydrogen) atoms. The monoisotopic (exact) mass is 377 g/mol. The number of hydrogen-bond acceptors (Lipinski definition) is 4. The number of nitrogens with zero attached hydrogens (tertiary/aromatic N) is 1. The van der Waals surface area contributed by atoms with Crippen molar-refractivity contribution in [2.45, 2.75) is 6.92 Å². The van der Waals surface area contributed by atoms with Gasteiger partial charge in [-0.15, -0.1) is 0 Å². The SMILES string of the molecule is Cc1ccc2nc(Nc3ccc(C(N)=S)cc3Br)sc2c1. The molecular formula is C15H12BrN3S2. The number of nitrogens with two attached hydrogens (primary N) is 1. The first kappa shape index (κ1) is 14.4. The first-order chi connectivity index (χ1) is 10.0. The molecule has 3 nitrogen and oxygen atoms in total. The third-order valence-electron chi connectivity index (χ3n) is 3.04. The van der Waals surface area contributed by atoms with Crippen LogP contribution in [-0.4, -0.2) is 9.97 Å². The van der Waals surface area contributed by atoms with E-state index < -0.39 is 0 Å². The van der Waals surface area contributed by atoms with Crippen LogP contribution < -0.4 is 11.1 Å². The van der Waals surface area contributed by atoms with Crippen LogP contribution >= 0.6 is 39.5 Å². The van der Waals surface area contributed by atoms with Crippen LogP contribution in [0.5, 0.6) is 0 Å². The Morgan fingerprint density at radius 2 is 2.10 bits per heavy atom. The number of nitrogens with one attached hydrogen (secondary N) is 1. The Balaban J connectivity index is 1.93. The third kappa shape index (κ3) is 3.07. The molecule has 106 valence electrons. The lowest BCUT2D eigenvalue weighted by Gasteiger charge is -2.07. The zero-order valence-corrected chi connectivity index (χ0v) is 14.4. The molecule has 2 aromatic carbocycles. The highest BCUT2D eigenvalue weighted by Gasteiger charge is 2.07. The molecule has 0 unspecified atom stereocenters. The second-order valence-electron chi connectivity index (χ2n) is 4.67. The lowest BCUT2D eigenvalue weighted by molar-refractivity contribution is 1.42. The van der Waals surface area contributed by atoms with Gasteiger partial charge < -0.3 is 11.1 Å². The summed E-state index contributed by atoms with van der Waals surface area (Å²) in [6.07, 6.45) is 0. The summed E-state index contributed by atoms with van der Waals surface area (Å²) in [6.45, 7) is 2.08. The predicted octanol–water partition coefficient (Wildman–Crippen LogP) is 4.75. The number of benzene rings is 2. The lowest BCUT2D eigenvalue weighted by atomic mass is 10.2. The zero-order valence-electron chi connectivity index (χ0n) is 11.2. The number of hydrogen-bond donors (Lipinski definition) is 2. The first-order valence-corrected chi connectivity index (χ1v) is 8.28. The van der Waals surface area contributed by atoms with Gasteiger partial charge in [-0.25, -0.2) is 4.98 Å². The smallest absolute Gasteiger partial charge is 0.188 e. The van der Waals surface area contributed by atoms with E-state index in [9.17, 15) is 0 Å². The minimum Gasteiger partial charge on any atom is -0.389 e. The van der Waals surface area contributed by atoms with E-state index in [-0.39, 0.29) is 0 Å². The summed E-state index contributed by atoms with van der Waals surface area (Å²) in [5, 5.41) is 4.18. The van der Waals surface area contributed by atoms with Crippen molar-refractivity contribution >= 4 is 65.5 Å². The highest BCUT2D eigenvalue weighted by molar-refractivity contribution is 9.10. The standard InChI is InChI=1S/C15H12BrN3S2/c1-8-2-4-12-13(6-8)21-15(19-12)18-11-5-3-9(14(17)20)7-10(11)16/h2-7H,1H3,(H2,17,20)(H,18,19). The molecule has 0 saturated heterocycles. The van der Waals surface area contributed by atoms with Gasteiger partial charge >= 0.3 is 0 Å². The van der Waals surface area contributed by atoms with E-state index >= 15 is 0 Å². The van der Waals surface area contributed by atoms with Crippen molar-refractivity contribution < 1.29 is 0 Å². The van der Waals surface area contributed by atoms with E-state index in [0.717, 1.165) is 26.4 Å². The molecule has 0 bridgehead atoms. The van der Waals surface area contributed by atoms with Gasteiger partial charge in [0.05, 0.1) is 15.9 Å². The quantitative estimate of drug-likeness (QED) is 0.646. The Morgan fingerprint density at radius 1 is 1.29 bits per heavy atom. The van der Waals surface area contributed by atoms with E-state index in [1.165, 1.54) is 10.3 Å². The van der Waals surface area contributed by atoms with Crippen LogP contribution in [0.4, 0.5) is 10.8 Å². The van der Waals surface area contributed by atoms with E-state index in [0.29, 0.717) is 4.99 Å². The molecule has 1 heterocycles. The number of rotatable bonds is 3. The second kappa shape index (κ2) is 5.71. The van der Waals surface area contributed by atoms with Crippen molar-refractivity contribution in [3.8, 4) is 0 Å². The number of aryl methyl sites for hydroxylation is 1. The Bertz CT molecular complexity index is 842. The molecule has 0 aliphatic carbocycles. The number of fused-ring (bicyclic) bond motifs is 1. The maximum Gasteiger partial charge on any atom is 0.188 e. The van der Waals surface area contributed by atoms with Gasteiger partial charge in [-0.05, 0) is 58.7 Å². The van der Waals surface area contributed by atoms with Crippen LogP contribution in [0.2, 0.25) is 0 Å². The Kier molecular flexibility index (Phi) is 3.93. The molecule has 0 fully saturated rings. The highest BCUT2D eigenvalue weighted by Crippen LogP contribution is 2.32. The van der Waals surface area contributed by atoms with Gasteiger partial charge in [0, 0.05) is 10.0 Å². The van der Waals surface area contributed by atoms with Gasteiger partial charge in [0.1, 0.15) is 4.99 Å². The largest absolute Gasteiger partial charge is 0.389 e. The van der Waals surface area contributed by atoms with Crippen LogP contribution in [0.25, 0.3) is 10.2 Å².